The first-order valence-corrected chi connectivity index (χ1v) is 7.02. The van der Waals surface area contributed by atoms with Crippen LogP contribution in [0.4, 0.5) is 0 Å². The Morgan fingerprint density at radius 3 is 2.77 bits per heavy atom. The highest BCUT2D eigenvalue weighted by Crippen LogP contribution is 2.17. The fourth-order valence-electron chi connectivity index (χ4n) is 2.02. The molecular weight excluding hydrogens is 278 g/mol. The minimum absolute atomic E-state index is 0.279. The quantitative estimate of drug-likeness (QED) is 0.920. The molecule has 0 saturated carbocycles. The third-order valence-electron chi connectivity index (χ3n) is 3.15. The Labute approximate surface area is 129 Å². The molecule has 1 amide bonds. The zero-order valence-electron chi connectivity index (χ0n) is 12.6. The first-order valence-electron chi connectivity index (χ1n) is 7.02. The van der Waals surface area contributed by atoms with E-state index < -0.39 is 0 Å². The number of nitrogens with one attached hydrogen (secondary N) is 1. The summed E-state index contributed by atoms with van der Waals surface area (Å²) in [6.45, 7) is 4.55. The number of hydrogen-bond acceptors (Lipinski definition) is 4. The van der Waals surface area contributed by atoms with Gasteiger partial charge in [0.25, 0.3) is 5.91 Å². The van der Waals surface area contributed by atoms with Crippen molar-refractivity contribution in [2.75, 3.05) is 6.61 Å². The Morgan fingerprint density at radius 1 is 1.32 bits per heavy atom. The highest BCUT2D eigenvalue weighted by Gasteiger charge is 2.10. The van der Waals surface area contributed by atoms with Crippen LogP contribution in [0.3, 0.4) is 0 Å². The van der Waals surface area contributed by atoms with Crippen molar-refractivity contribution in [3.05, 3.63) is 58.9 Å². The molecule has 0 spiro atoms. The van der Waals surface area contributed by atoms with Crippen molar-refractivity contribution in [2.45, 2.75) is 20.4 Å². The van der Waals surface area contributed by atoms with Gasteiger partial charge in [0.15, 0.2) is 0 Å². The normalized spacial score (nSPS) is 9.86. The lowest BCUT2D eigenvalue weighted by Gasteiger charge is -2.11. The third kappa shape index (κ3) is 3.61. The van der Waals surface area contributed by atoms with Gasteiger partial charge in [0.2, 0.25) is 0 Å². The number of benzene rings is 1. The van der Waals surface area contributed by atoms with Gasteiger partial charge in [-0.2, -0.15) is 5.26 Å². The van der Waals surface area contributed by atoms with Crippen LogP contribution in [-0.4, -0.2) is 17.5 Å². The van der Waals surface area contributed by atoms with Crippen molar-refractivity contribution in [1.29, 1.82) is 5.26 Å². The van der Waals surface area contributed by atoms with Crippen LogP contribution in [0, 0.1) is 18.3 Å². The number of carbonyl (C=O) groups is 1. The first kappa shape index (κ1) is 15.5. The molecule has 112 valence electrons. The predicted octanol–water partition coefficient (Wildman–Crippen LogP) is 2.59. The Kier molecular flexibility index (Phi) is 5.10. The number of rotatable bonds is 5. The summed E-state index contributed by atoms with van der Waals surface area (Å²) in [5.41, 5.74) is 2.22. The average Bonchev–Trinajstić information content (AvgIpc) is 2.54. The molecule has 2 aromatic rings. The smallest absolute Gasteiger partial charge is 0.270 e. The standard InChI is InChI=1S/C17H17N3O2/c1-3-22-16-7-5-4-6-14(16)11-19-17(21)15-9-8-13(10-18)12(2)20-15/h4-9H,3,11H2,1-2H3,(H,19,21). The topological polar surface area (TPSA) is 75.0 Å². The molecule has 1 aromatic carbocycles. The summed E-state index contributed by atoms with van der Waals surface area (Å²) in [6, 6.07) is 12.7. The zero-order valence-corrected chi connectivity index (χ0v) is 12.6. The molecule has 1 heterocycles. The zero-order chi connectivity index (χ0) is 15.9. The number of hydrogen-bond donors (Lipinski definition) is 1. The van der Waals surface area contributed by atoms with E-state index in [0.717, 1.165) is 11.3 Å². The summed E-state index contributed by atoms with van der Waals surface area (Å²) in [5, 5.41) is 11.7. The Morgan fingerprint density at radius 2 is 2.09 bits per heavy atom. The van der Waals surface area contributed by atoms with Crippen LogP contribution in [-0.2, 0) is 6.54 Å². The molecule has 0 aliphatic carbocycles. The van der Waals surface area contributed by atoms with Gasteiger partial charge in [0, 0.05) is 12.1 Å². The minimum atomic E-state index is -0.279. The van der Waals surface area contributed by atoms with Crippen molar-refractivity contribution in [2.24, 2.45) is 0 Å². The molecule has 0 aliphatic rings. The molecule has 0 radical (unpaired) electrons. The predicted molar refractivity (Wildman–Crippen MR) is 82.5 cm³/mol. The van der Waals surface area contributed by atoms with Crippen molar-refractivity contribution in [1.82, 2.24) is 10.3 Å². The monoisotopic (exact) mass is 295 g/mol. The number of carbonyl (C=O) groups excluding carboxylic acids is 1. The third-order valence-corrected chi connectivity index (χ3v) is 3.15. The summed E-state index contributed by atoms with van der Waals surface area (Å²) in [5.74, 6) is 0.480. The molecular formula is C17H17N3O2. The summed E-state index contributed by atoms with van der Waals surface area (Å²) in [7, 11) is 0. The molecule has 5 heteroatoms. The van der Waals surface area contributed by atoms with Crippen LogP contribution in [0.2, 0.25) is 0 Å². The number of nitrogens with zero attached hydrogens (tertiary/aromatic N) is 2. The summed E-state index contributed by atoms with van der Waals surface area (Å²) in [4.78, 5) is 16.3. The van der Waals surface area contributed by atoms with Crippen molar-refractivity contribution in [3.63, 3.8) is 0 Å². The largest absolute Gasteiger partial charge is 0.494 e. The molecule has 1 aromatic heterocycles. The van der Waals surface area contributed by atoms with E-state index in [1.54, 1.807) is 19.1 Å². The number of amides is 1. The lowest BCUT2D eigenvalue weighted by Crippen LogP contribution is -2.24. The summed E-state index contributed by atoms with van der Waals surface area (Å²) < 4.78 is 5.52. The molecule has 22 heavy (non-hydrogen) atoms. The lowest BCUT2D eigenvalue weighted by atomic mass is 10.2. The van der Waals surface area contributed by atoms with Gasteiger partial charge in [0.1, 0.15) is 17.5 Å². The highest BCUT2D eigenvalue weighted by atomic mass is 16.5. The molecule has 0 bridgehead atoms. The molecule has 5 nitrogen and oxygen atoms in total. The van der Waals surface area contributed by atoms with Crippen LogP contribution in [0.25, 0.3) is 0 Å². The van der Waals surface area contributed by atoms with Gasteiger partial charge in [0.05, 0.1) is 17.9 Å². The maximum Gasteiger partial charge on any atom is 0.270 e. The second-order valence-electron chi connectivity index (χ2n) is 4.66. The molecule has 0 fully saturated rings. The molecule has 0 unspecified atom stereocenters. The van der Waals surface area contributed by atoms with Crippen molar-refractivity contribution >= 4 is 5.91 Å². The van der Waals surface area contributed by atoms with Gasteiger partial charge in [-0.05, 0) is 32.0 Å². The second-order valence-corrected chi connectivity index (χ2v) is 4.66. The van der Waals surface area contributed by atoms with Crippen LogP contribution < -0.4 is 10.1 Å². The number of nitriles is 1. The Hall–Kier alpha value is -2.87. The summed E-state index contributed by atoms with van der Waals surface area (Å²) in [6.07, 6.45) is 0. The second kappa shape index (κ2) is 7.23. The van der Waals surface area contributed by atoms with Gasteiger partial charge >= 0.3 is 0 Å². The van der Waals surface area contributed by atoms with E-state index in [1.807, 2.05) is 37.3 Å². The Balaban J connectivity index is 2.07. The number of ether oxygens (including phenoxy) is 1. The van der Waals surface area contributed by atoms with Gasteiger partial charge in [-0.1, -0.05) is 18.2 Å². The van der Waals surface area contributed by atoms with Crippen LogP contribution >= 0.6 is 0 Å². The van der Waals surface area contributed by atoms with Gasteiger partial charge < -0.3 is 10.1 Å². The van der Waals surface area contributed by atoms with E-state index in [0.29, 0.717) is 30.1 Å². The van der Waals surface area contributed by atoms with E-state index >= 15 is 0 Å². The van der Waals surface area contributed by atoms with E-state index in [2.05, 4.69) is 10.3 Å². The van der Waals surface area contributed by atoms with Gasteiger partial charge in [-0.25, -0.2) is 4.98 Å². The lowest BCUT2D eigenvalue weighted by molar-refractivity contribution is 0.0945. The minimum Gasteiger partial charge on any atom is -0.494 e. The molecule has 0 saturated heterocycles. The van der Waals surface area contributed by atoms with Crippen LogP contribution in [0.1, 0.15) is 34.2 Å². The van der Waals surface area contributed by atoms with Crippen LogP contribution in [0.5, 0.6) is 5.75 Å². The molecule has 2 rings (SSSR count). The highest BCUT2D eigenvalue weighted by molar-refractivity contribution is 5.92. The van der Waals surface area contributed by atoms with Gasteiger partial charge in [-0.15, -0.1) is 0 Å². The van der Waals surface area contributed by atoms with Crippen LogP contribution in [0.15, 0.2) is 36.4 Å². The Bertz CT molecular complexity index is 720. The van der Waals surface area contributed by atoms with Crippen molar-refractivity contribution < 1.29 is 9.53 Å². The average molecular weight is 295 g/mol. The molecule has 0 atom stereocenters. The fraction of sp³-hybridized carbons (Fsp3) is 0.235. The van der Waals surface area contributed by atoms with E-state index in [-0.39, 0.29) is 5.91 Å². The molecule has 1 N–H and O–H groups in total. The maximum absolute atomic E-state index is 12.1. The SMILES string of the molecule is CCOc1ccccc1CNC(=O)c1ccc(C#N)c(C)n1. The van der Waals surface area contributed by atoms with Gasteiger partial charge in [-0.3, -0.25) is 4.79 Å². The summed E-state index contributed by atoms with van der Waals surface area (Å²) >= 11 is 0. The maximum atomic E-state index is 12.1. The van der Waals surface area contributed by atoms with E-state index in [9.17, 15) is 4.79 Å². The van der Waals surface area contributed by atoms with Crippen molar-refractivity contribution in [3.8, 4) is 11.8 Å². The molecule has 0 aliphatic heterocycles. The van der Waals surface area contributed by atoms with E-state index in [4.69, 9.17) is 10.00 Å². The van der Waals surface area contributed by atoms with E-state index in [1.165, 1.54) is 0 Å². The first-order chi connectivity index (χ1) is 10.7. The number of aromatic nitrogens is 1. The number of aryl methyl sites for hydroxylation is 1. The number of para-hydroxylation sites is 1. The number of pyridine rings is 1. The fourth-order valence-corrected chi connectivity index (χ4v) is 2.02.